The van der Waals surface area contributed by atoms with E-state index in [1.807, 2.05) is 0 Å². The number of methoxy groups -OCH3 is 1. The normalized spacial score (nSPS) is 9.27. The van der Waals surface area contributed by atoms with Crippen molar-refractivity contribution in [3.05, 3.63) is 23.9 Å². The molecule has 0 aliphatic carbocycles. The molecule has 2 radical (unpaired) electrons. The Hall–Kier alpha value is -0.822. The zero-order valence-electron chi connectivity index (χ0n) is 5.94. The van der Waals surface area contributed by atoms with Crippen LogP contribution in [0, 0.1) is 0 Å². The van der Waals surface area contributed by atoms with Gasteiger partial charge in [-0.2, -0.15) is 0 Å². The van der Waals surface area contributed by atoms with Crippen molar-refractivity contribution >= 4 is 27.3 Å². The number of rotatable bonds is 1. The number of ether oxygens (including phenoxy) is 1. The summed E-state index contributed by atoms with van der Waals surface area (Å²) in [6.45, 7) is 0. The molecule has 1 aromatic rings. The zero-order valence-corrected chi connectivity index (χ0v) is 7.82. The van der Waals surface area contributed by atoms with E-state index >= 15 is 0 Å². The van der Waals surface area contributed by atoms with Crippen LogP contribution >= 0.6 is 0 Å². The Balaban J connectivity index is 3.03. The molecule has 56 valence electrons. The third-order valence-corrected chi connectivity index (χ3v) is 1.94. The first-order chi connectivity index (χ1) is 5.25. The van der Waals surface area contributed by atoms with Gasteiger partial charge in [-0.1, -0.05) is 0 Å². The van der Waals surface area contributed by atoms with Crippen LogP contribution in [0.2, 0.25) is 0 Å². The van der Waals surface area contributed by atoms with Crippen LogP contribution in [0.5, 0.6) is 0 Å². The van der Waals surface area contributed by atoms with Gasteiger partial charge in [0.05, 0.1) is 0 Å². The van der Waals surface area contributed by atoms with Crippen LogP contribution in [0.25, 0.3) is 0 Å². The van der Waals surface area contributed by atoms with Crippen molar-refractivity contribution in [2.24, 2.45) is 0 Å². The number of pyridine rings is 1. The van der Waals surface area contributed by atoms with Gasteiger partial charge in [-0.05, 0) is 0 Å². The summed E-state index contributed by atoms with van der Waals surface area (Å²) in [6, 6.07) is 3.37. The predicted octanol–water partition coefficient (Wildman–Crippen LogP) is -0.338. The van der Waals surface area contributed by atoms with Crippen LogP contribution < -0.4 is 4.48 Å². The van der Waals surface area contributed by atoms with Crippen molar-refractivity contribution in [2.75, 3.05) is 7.11 Å². The third kappa shape index (κ3) is 1.81. The van der Waals surface area contributed by atoms with Crippen molar-refractivity contribution in [1.29, 1.82) is 0 Å². The Morgan fingerprint density at radius 2 is 2.45 bits per heavy atom. The number of carbonyl (C=O) groups excluding carboxylic acids is 1. The van der Waals surface area contributed by atoms with Gasteiger partial charge in [0, 0.05) is 0 Å². The van der Waals surface area contributed by atoms with Gasteiger partial charge in [-0.25, -0.2) is 0 Å². The maximum atomic E-state index is 11.0. The molecular weight excluding hydrogens is 205 g/mol. The van der Waals surface area contributed by atoms with E-state index in [1.54, 1.807) is 18.3 Å². The van der Waals surface area contributed by atoms with Crippen molar-refractivity contribution in [2.45, 2.75) is 0 Å². The van der Waals surface area contributed by atoms with E-state index in [0.29, 0.717) is 10.0 Å². The first kappa shape index (κ1) is 8.28. The number of nitrogens with zero attached hydrogens (tertiary/aromatic N) is 1. The van der Waals surface area contributed by atoms with Crippen LogP contribution in [0.1, 0.15) is 10.4 Å². The molecule has 0 unspecified atom stereocenters. The molecule has 0 fully saturated rings. The Kier molecular flexibility index (Phi) is 2.66. The molecule has 1 heterocycles. The quantitative estimate of drug-likeness (QED) is 0.471. The SMILES string of the molecule is COC(=O)c1cccnc1[As]. The third-order valence-electron chi connectivity index (χ3n) is 1.19. The summed E-state index contributed by atoms with van der Waals surface area (Å²) in [5.41, 5.74) is 0.495. The fourth-order valence-corrected chi connectivity index (χ4v) is 1.15. The van der Waals surface area contributed by atoms with Gasteiger partial charge in [-0.15, -0.1) is 0 Å². The fourth-order valence-electron chi connectivity index (χ4n) is 0.666. The second-order valence-electron chi connectivity index (χ2n) is 1.87. The molecule has 0 aliphatic rings. The topological polar surface area (TPSA) is 39.2 Å². The molecule has 0 aliphatic heterocycles. The molecule has 0 N–H and O–H groups in total. The van der Waals surface area contributed by atoms with Crippen molar-refractivity contribution in [1.82, 2.24) is 4.98 Å². The van der Waals surface area contributed by atoms with E-state index in [0.717, 1.165) is 0 Å². The minimum atomic E-state index is -0.353. The van der Waals surface area contributed by atoms with Crippen molar-refractivity contribution in [3.8, 4) is 0 Å². The molecule has 1 aromatic heterocycles. The fraction of sp³-hybridized carbons (Fsp3) is 0.143. The van der Waals surface area contributed by atoms with Gasteiger partial charge in [0.25, 0.3) is 0 Å². The summed E-state index contributed by atoms with van der Waals surface area (Å²) in [7, 11) is 1.35. The maximum absolute atomic E-state index is 11.0. The van der Waals surface area contributed by atoms with Gasteiger partial charge in [0.15, 0.2) is 0 Å². The Labute approximate surface area is 73.3 Å². The number of esters is 1. The molecule has 0 bridgehead atoms. The number of aromatic nitrogens is 1. The average Bonchev–Trinajstić information content (AvgIpc) is 2.04. The van der Waals surface area contributed by atoms with E-state index in [1.165, 1.54) is 7.11 Å². The number of carbonyl (C=O) groups is 1. The molecule has 0 spiro atoms. The van der Waals surface area contributed by atoms with Gasteiger partial charge in [-0.3, -0.25) is 0 Å². The molecule has 0 amide bonds. The molecular formula is C7H6AsNO2. The molecule has 0 saturated heterocycles. The molecule has 4 heteroatoms. The summed E-state index contributed by atoms with van der Waals surface area (Å²) in [5.74, 6) is -0.353. The molecule has 0 atom stereocenters. The Bertz CT molecular complexity index is 275. The summed E-state index contributed by atoms with van der Waals surface area (Å²) < 4.78 is 5.16. The molecule has 11 heavy (non-hydrogen) atoms. The average molecular weight is 211 g/mol. The van der Waals surface area contributed by atoms with Crippen LogP contribution in [0.4, 0.5) is 0 Å². The molecule has 0 saturated carbocycles. The standard InChI is InChI=1S/C7H6AsNO2/c1-11-7(10)5-3-2-4-9-6(5)8/h2-4H,1H3. The second kappa shape index (κ2) is 3.53. The first-order valence-corrected chi connectivity index (χ1v) is 3.92. The molecule has 1 rings (SSSR count). The first-order valence-electron chi connectivity index (χ1n) is 2.98. The van der Waals surface area contributed by atoms with Crippen LogP contribution in [-0.4, -0.2) is 34.9 Å². The van der Waals surface area contributed by atoms with Gasteiger partial charge in [0.2, 0.25) is 0 Å². The summed E-state index contributed by atoms with van der Waals surface area (Å²) in [4.78, 5) is 14.9. The minimum absolute atomic E-state index is 0.353. The molecule has 0 aromatic carbocycles. The Morgan fingerprint density at radius 3 is 3.00 bits per heavy atom. The monoisotopic (exact) mass is 211 g/mol. The van der Waals surface area contributed by atoms with Gasteiger partial charge >= 0.3 is 72.8 Å². The van der Waals surface area contributed by atoms with Crippen molar-refractivity contribution < 1.29 is 9.53 Å². The number of hydrogen-bond acceptors (Lipinski definition) is 3. The van der Waals surface area contributed by atoms with Gasteiger partial charge in [0.1, 0.15) is 0 Å². The van der Waals surface area contributed by atoms with E-state index in [4.69, 9.17) is 0 Å². The second-order valence-corrected chi connectivity index (χ2v) is 2.75. The summed E-state index contributed by atoms with van der Waals surface area (Å²) >= 11 is 2.22. The van der Waals surface area contributed by atoms with E-state index in [2.05, 4.69) is 26.6 Å². The predicted molar refractivity (Wildman–Crippen MR) is 41.0 cm³/mol. The molecule has 3 nitrogen and oxygen atoms in total. The van der Waals surface area contributed by atoms with Crippen molar-refractivity contribution in [3.63, 3.8) is 0 Å². The van der Waals surface area contributed by atoms with E-state index < -0.39 is 0 Å². The van der Waals surface area contributed by atoms with E-state index in [9.17, 15) is 4.79 Å². The van der Waals surface area contributed by atoms with Crippen LogP contribution in [0.3, 0.4) is 0 Å². The van der Waals surface area contributed by atoms with Crippen LogP contribution in [-0.2, 0) is 4.74 Å². The van der Waals surface area contributed by atoms with Gasteiger partial charge < -0.3 is 0 Å². The number of hydrogen-bond donors (Lipinski definition) is 0. The summed E-state index contributed by atoms with van der Waals surface area (Å²) in [5, 5.41) is 0. The van der Waals surface area contributed by atoms with Crippen LogP contribution in [0.15, 0.2) is 18.3 Å². The Morgan fingerprint density at radius 1 is 1.73 bits per heavy atom. The zero-order chi connectivity index (χ0) is 8.27. The summed E-state index contributed by atoms with van der Waals surface area (Å²) in [6.07, 6.45) is 1.63. The van der Waals surface area contributed by atoms with E-state index in [-0.39, 0.29) is 5.97 Å².